The van der Waals surface area contributed by atoms with Gasteiger partial charge in [-0.25, -0.2) is 4.89 Å². The van der Waals surface area contributed by atoms with Gasteiger partial charge in [0.2, 0.25) is 0 Å². The molecule has 4 nitrogen and oxygen atoms in total. The Kier molecular flexibility index (Phi) is 20.2. The Hall–Kier alpha value is -0.610. The van der Waals surface area contributed by atoms with Gasteiger partial charge < -0.3 is 5.11 Å². The van der Waals surface area contributed by atoms with Crippen LogP contribution in [0.1, 0.15) is 129 Å². The smallest absolute Gasteiger partial charge is 0.303 e. The highest BCUT2D eigenvalue weighted by molar-refractivity contribution is 5.66. The molecule has 0 spiro atoms. The molecule has 4 heteroatoms. The van der Waals surface area contributed by atoms with E-state index < -0.39 is 5.97 Å². The van der Waals surface area contributed by atoms with Crippen LogP contribution in [0.2, 0.25) is 0 Å². The topological polar surface area (TPSA) is 66.8 Å². The number of carbonyl (C=O) groups is 1. The van der Waals surface area contributed by atoms with Crippen LogP contribution in [0.5, 0.6) is 0 Å². The van der Waals surface area contributed by atoms with Crippen LogP contribution >= 0.6 is 0 Å². The summed E-state index contributed by atoms with van der Waals surface area (Å²) in [5.41, 5.74) is 0. The molecule has 0 aliphatic rings. The molecule has 0 rings (SSSR count). The van der Waals surface area contributed by atoms with E-state index in [0.717, 1.165) is 32.1 Å². The number of unbranched alkanes of at least 4 members (excludes halogenated alkanes) is 14. The minimum absolute atomic E-state index is 0.0342. The van der Waals surface area contributed by atoms with Gasteiger partial charge in [0.25, 0.3) is 0 Å². The van der Waals surface area contributed by atoms with Gasteiger partial charge in [0.05, 0.1) is 6.10 Å². The molecule has 1 atom stereocenters. The van der Waals surface area contributed by atoms with E-state index in [1.54, 1.807) is 0 Å². The zero-order valence-corrected chi connectivity index (χ0v) is 17.2. The van der Waals surface area contributed by atoms with Crippen LogP contribution < -0.4 is 0 Å². The number of rotatable bonds is 21. The maximum atomic E-state index is 10.4. The van der Waals surface area contributed by atoms with Crippen molar-refractivity contribution in [1.82, 2.24) is 0 Å². The zero-order chi connectivity index (χ0) is 19.3. The van der Waals surface area contributed by atoms with Crippen molar-refractivity contribution in [3.8, 4) is 0 Å². The normalized spacial score (nSPS) is 12.4. The first-order chi connectivity index (χ1) is 12.7. The lowest BCUT2D eigenvalue weighted by molar-refractivity contribution is -0.281. The fourth-order valence-corrected chi connectivity index (χ4v) is 3.46. The van der Waals surface area contributed by atoms with Gasteiger partial charge in [0, 0.05) is 6.42 Å². The van der Waals surface area contributed by atoms with Crippen LogP contribution in [0, 0.1) is 0 Å². The fourth-order valence-electron chi connectivity index (χ4n) is 3.46. The second-order valence-electron chi connectivity index (χ2n) is 7.75. The van der Waals surface area contributed by atoms with Crippen molar-refractivity contribution in [2.45, 2.75) is 135 Å². The largest absolute Gasteiger partial charge is 0.481 e. The third-order valence-corrected chi connectivity index (χ3v) is 5.20. The second kappa shape index (κ2) is 20.7. The summed E-state index contributed by atoms with van der Waals surface area (Å²) in [5.74, 6) is -0.675. The molecule has 0 aromatic rings. The Morgan fingerprint density at radius 3 is 1.46 bits per heavy atom. The molecule has 0 aliphatic heterocycles. The first-order valence-electron chi connectivity index (χ1n) is 11.2. The maximum Gasteiger partial charge on any atom is 0.303 e. The molecule has 0 saturated heterocycles. The highest BCUT2D eigenvalue weighted by Gasteiger charge is 2.08. The van der Waals surface area contributed by atoms with Crippen LogP contribution in [0.4, 0.5) is 0 Å². The minimum Gasteiger partial charge on any atom is -0.481 e. The van der Waals surface area contributed by atoms with Crippen molar-refractivity contribution in [3.05, 3.63) is 0 Å². The summed E-state index contributed by atoms with van der Waals surface area (Å²) < 4.78 is 0. The molecule has 26 heavy (non-hydrogen) atoms. The van der Waals surface area contributed by atoms with Crippen molar-refractivity contribution in [2.24, 2.45) is 0 Å². The standard InChI is InChI=1S/C22H44O4/c1-2-3-4-5-12-15-18-21(26-25)19-16-13-10-8-6-7-9-11-14-17-20-22(23)24/h21,25H,2-20H2,1H3,(H,23,24). The lowest BCUT2D eigenvalue weighted by Gasteiger charge is -2.13. The number of carboxylic acid groups (broad SMARTS) is 1. The van der Waals surface area contributed by atoms with Crippen molar-refractivity contribution >= 4 is 5.97 Å². The van der Waals surface area contributed by atoms with Gasteiger partial charge >= 0.3 is 5.97 Å². The van der Waals surface area contributed by atoms with Crippen LogP contribution in [0.3, 0.4) is 0 Å². The van der Waals surface area contributed by atoms with Gasteiger partial charge in [-0.05, 0) is 19.3 Å². The monoisotopic (exact) mass is 372 g/mol. The molecule has 1 unspecified atom stereocenters. The Morgan fingerprint density at radius 1 is 0.692 bits per heavy atom. The van der Waals surface area contributed by atoms with Crippen molar-refractivity contribution < 1.29 is 20.0 Å². The van der Waals surface area contributed by atoms with Crippen LogP contribution in [-0.4, -0.2) is 22.4 Å². The van der Waals surface area contributed by atoms with Crippen molar-refractivity contribution in [1.29, 1.82) is 0 Å². The van der Waals surface area contributed by atoms with E-state index in [1.165, 1.54) is 83.5 Å². The van der Waals surface area contributed by atoms with Gasteiger partial charge in [0.1, 0.15) is 0 Å². The molecule has 0 bridgehead atoms. The molecule has 156 valence electrons. The van der Waals surface area contributed by atoms with Gasteiger partial charge in [-0.15, -0.1) is 0 Å². The summed E-state index contributed by atoms with van der Waals surface area (Å²) in [6.07, 6.45) is 21.8. The zero-order valence-electron chi connectivity index (χ0n) is 17.2. The Balaban J connectivity index is 3.27. The first kappa shape index (κ1) is 25.4. The fraction of sp³-hybridized carbons (Fsp3) is 0.955. The number of aliphatic carboxylic acids is 1. The average Bonchev–Trinajstić information content (AvgIpc) is 2.63. The number of hydrogen-bond donors (Lipinski definition) is 2. The third kappa shape index (κ3) is 19.7. The van der Waals surface area contributed by atoms with E-state index in [9.17, 15) is 4.79 Å². The molecule has 0 aromatic heterocycles. The van der Waals surface area contributed by atoms with Crippen LogP contribution in [0.25, 0.3) is 0 Å². The van der Waals surface area contributed by atoms with Gasteiger partial charge in [-0.2, -0.15) is 0 Å². The third-order valence-electron chi connectivity index (χ3n) is 5.20. The van der Waals surface area contributed by atoms with E-state index in [2.05, 4.69) is 11.8 Å². The molecule has 0 radical (unpaired) electrons. The molecule has 0 aromatic carbocycles. The SMILES string of the molecule is CCCCCCCCC(CCCCCCCCCCCCC(=O)O)OO. The lowest BCUT2D eigenvalue weighted by Crippen LogP contribution is -2.10. The molecular formula is C22H44O4. The molecular weight excluding hydrogens is 328 g/mol. The summed E-state index contributed by atoms with van der Waals surface area (Å²) in [7, 11) is 0. The van der Waals surface area contributed by atoms with Gasteiger partial charge in [0.15, 0.2) is 0 Å². The lowest BCUT2D eigenvalue weighted by atomic mass is 10.0. The van der Waals surface area contributed by atoms with Crippen molar-refractivity contribution in [2.75, 3.05) is 0 Å². The van der Waals surface area contributed by atoms with E-state index >= 15 is 0 Å². The summed E-state index contributed by atoms with van der Waals surface area (Å²) >= 11 is 0. The molecule has 0 amide bonds. The maximum absolute atomic E-state index is 10.4. The highest BCUT2D eigenvalue weighted by atomic mass is 17.1. The Bertz CT molecular complexity index is 294. The molecule has 0 aliphatic carbocycles. The molecule has 0 fully saturated rings. The molecule has 2 N–H and O–H groups in total. The summed E-state index contributed by atoms with van der Waals surface area (Å²) in [5, 5.41) is 17.6. The first-order valence-corrected chi connectivity index (χ1v) is 11.2. The van der Waals surface area contributed by atoms with Crippen LogP contribution in [-0.2, 0) is 9.68 Å². The minimum atomic E-state index is -0.675. The Labute approximate surface area is 161 Å². The second-order valence-corrected chi connectivity index (χ2v) is 7.75. The van der Waals surface area contributed by atoms with E-state index in [1.807, 2.05) is 0 Å². The van der Waals surface area contributed by atoms with Crippen molar-refractivity contribution in [3.63, 3.8) is 0 Å². The van der Waals surface area contributed by atoms with E-state index in [0.29, 0.717) is 6.42 Å². The van der Waals surface area contributed by atoms with Gasteiger partial charge in [-0.1, -0.05) is 103 Å². The highest BCUT2D eigenvalue weighted by Crippen LogP contribution is 2.16. The Morgan fingerprint density at radius 2 is 1.08 bits per heavy atom. The number of hydrogen-bond acceptors (Lipinski definition) is 3. The predicted octanol–water partition coefficient (Wildman–Crippen LogP) is 7.36. The molecule has 0 heterocycles. The quantitative estimate of drug-likeness (QED) is 0.125. The summed E-state index contributed by atoms with van der Waals surface area (Å²) in [4.78, 5) is 15.0. The number of carboxylic acids is 1. The molecule has 0 saturated carbocycles. The van der Waals surface area contributed by atoms with E-state index in [-0.39, 0.29) is 6.10 Å². The average molecular weight is 373 g/mol. The summed E-state index contributed by atoms with van der Waals surface area (Å²) in [6.45, 7) is 2.24. The van der Waals surface area contributed by atoms with Crippen LogP contribution in [0.15, 0.2) is 0 Å². The van der Waals surface area contributed by atoms with E-state index in [4.69, 9.17) is 10.4 Å². The van der Waals surface area contributed by atoms with Gasteiger partial charge in [-0.3, -0.25) is 10.1 Å². The predicted molar refractivity (Wildman–Crippen MR) is 109 cm³/mol. The summed E-state index contributed by atoms with van der Waals surface area (Å²) in [6, 6.07) is 0.